The maximum atomic E-state index is 13.9. The van der Waals surface area contributed by atoms with Crippen LogP contribution in [-0.2, 0) is 24.4 Å². The van der Waals surface area contributed by atoms with E-state index in [0.717, 1.165) is 21.3 Å². The summed E-state index contributed by atoms with van der Waals surface area (Å²) >= 11 is 1.57. The monoisotopic (exact) mass is 489 g/mol. The molecule has 8 heteroatoms. The van der Waals surface area contributed by atoms with E-state index in [4.69, 9.17) is 9.47 Å². The first kappa shape index (κ1) is 23.0. The van der Waals surface area contributed by atoms with Gasteiger partial charge in [0, 0.05) is 23.1 Å². The molecule has 7 nitrogen and oxygen atoms in total. The highest BCUT2D eigenvalue weighted by atomic mass is 32.1. The van der Waals surface area contributed by atoms with Gasteiger partial charge in [-0.1, -0.05) is 36.4 Å². The van der Waals surface area contributed by atoms with Gasteiger partial charge < -0.3 is 24.3 Å². The van der Waals surface area contributed by atoms with Gasteiger partial charge in [-0.3, -0.25) is 9.59 Å². The van der Waals surface area contributed by atoms with Crippen LogP contribution in [0.15, 0.2) is 66.0 Å². The molecular formula is C27H27N3O4S. The van der Waals surface area contributed by atoms with Crippen LogP contribution >= 0.6 is 11.3 Å². The normalized spacial score (nSPS) is 17.3. The molecule has 1 aliphatic heterocycles. The van der Waals surface area contributed by atoms with Crippen LogP contribution in [0.5, 0.6) is 11.5 Å². The lowest BCUT2D eigenvalue weighted by atomic mass is 9.93. The molecule has 1 aliphatic rings. The number of rotatable bonds is 7. The maximum absolute atomic E-state index is 13.9. The lowest BCUT2D eigenvalue weighted by Gasteiger charge is -2.44. The molecule has 0 unspecified atom stereocenters. The third-order valence-corrected chi connectivity index (χ3v) is 7.62. The molecular weight excluding hydrogens is 462 g/mol. The Morgan fingerprint density at radius 3 is 2.40 bits per heavy atom. The van der Waals surface area contributed by atoms with Gasteiger partial charge in [0.15, 0.2) is 0 Å². The molecule has 1 N–H and O–H groups in total. The number of nitrogens with one attached hydrogen (secondary N) is 1. The Kier molecular flexibility index (Phi) is 5.98. The van der Waals surface area contributed by atoms with Crippen molar-refractivity contribution in [3.8, 4) is 11.5 Å². The average Bonchev–Trinajstić information content (AvgIpc) is 3.48. The zero-order chi connectivity index (χ0) is 24.6. The number of thiophene rings is 1. The molecule has 2 aromatic carbocycles. The van der Waals surface area contributed by atoms with Crippen molar-refractivity contribution < 1.29 is 19.1 Å². The van der Waals surface area contributed by atoms with Crippen molar-refractivity contribution in [1.29, 1.82) is 0 Å². The molecule has 0 saturated heterocycles. The lowest BCUT2D eigenvalue weighted by Crippen LogP contribution is -2.63. The molecule has 2 amide bonds. The van der Waals surface area contributed by atoms with E-state index in [1.54, 1.807) is 30.5 Å². The van der Waals surface area contributed by atoms with Crippen molar-refractivity contribution in [3.63, 3.8) is 0 Å². The van der Waals surface area contributed by atoms with Gasteiger partial charge in [0.1, 0.15) is 27.6 Å². The van der Waals surface area contributed by atoms with Crippen LogP contribution in [0.2, 0.25) is 0 Å². The molecule has 4 aromatic rings. The van der Waals surface area contributed by atoms with E-state index in [1.165, 1.54) is 0 Å². The first-order chi connectivity index (χ1) is 17.0. The Labute approximate surface area is 207 Å². The van der Waals surface area contributed by atoms with Crippen LogP contribution in [0, 0.1) is 0 Å². The van der Waals surface area contributed by atoms with E-state index in [9.17, 15) is 9.59 Å². The first-order valence-electron chi connectivity index (χ1n) is 11.4. The molecule has 0 bridgehead atoms. The fraction of sp³-hybridized carbons (Fsp3) is 0.259. The van der Waals surface area contributed by atoms with Gasteiger partial charge in [-0.05, 0) is 36.6 Å². The molecule has 5 rings (SSSR count). The number of aromatic nitrogens is 1. The Bertz CT molecular complexity index is 1410. The Balaban J connectivity index is 1.52. The topological polar surface area (TPSA) is 72.8 Å². The maximum Gasteiger partial charge on any atom is 0.271 e. The molecule has 0 radical (unpaired) electrons. The van der Waals surface area contributed by atoms with Crippen LogP contribution in [0.3, 0.4) is 0 Å². The predicted molar refractivity (Wildman–Crippen MR) is 136 cm³/mol. The largest absolute Gasteiger partial charge is 0.496 e. The fourth-order valence-electron chi connectivity index (χ4n) is 4.72. The van der Waals surface area contributed by atoms with Gasteiger partial charge in [0.2, 0.25) is 5.91 Å². The van der Waals surface area contributed by atoms with Gasteiger partial charge in [0.05, 0.1) is 27.3 Å². The Morgan fingerprint density at radius 2 is 1.69 bits per heavy atom. The third kappa shape index (κ3) is 3.93. The van der Waals surface area contributed by atoms with E-state index in [0.29, 0.717) is 30.3 Å². The highest BCUT2D eigenvalue weighted by Crippen LogP contribution is 2.36. The van der Waals surface area contributed by atoms with Crippen molar-refractivity contribution in [3.05, 3.63) is 82.9 Å². The molecule has 0 spiro atoms. The summed E-state index contributed by atoms with van der Waals surface area (Å²) in [6.07, 6.45) is 0. The summed E-state index contributed by atoms with van der Waals surface area (Å²) in [5.74, 6) is 0.978. The standard InChI is InChI=1S/C27H27N3O4S/c1-27(26(32)28-15-19-8-4-6-10-22(19)33-2)17-29-21(14-18-12-13-35-25(18)29)24(31)30(27)16-20-9-5-7-11-23(20)34-3/h4-14H,15-17H2,1-3H3,(H,28,32)/t27-/m1/s1. The number of ether oxygens (including phenoxy) is 2. The van der Waals surface area contributed by atoms with Crippen LogP contribution in [0.25, 0.3) is 10.2 Å². The molecule has 180 valence electrons. The number of nitrogens with zero attached hydrogens (tertiary/aromatic N) is 2. The zero-order valence-corrected chi connectivity index (χ0v) is 20.7. The minimum absolute atomic E-state index is 0.180. The highest BCUT2D eigenvalue weighted by molar-refractivity contribution is 7.16. The summed E-state index contributed by atoms with van der Waals surface area (Å²) in [6, 6.07) is 19.1. The lowest BCUT2D eigenvalue weighted by molar-refractivity contribution is -0.133. The van der Waals surface area contributed by atoms with Crippen LogP contribution < -0.4 is 14.8 Å². The number of hydrogen-bond acceptors (Lipinski definition) is 5. The Hall–Kier alpha value is -3.78. The summed E-state index contributed by atoms with van der Waals surface area (Å²) in [7, 11) is 3.21. The average molecular weight is 490 g/mol. The number of carbonyl (C=O) groups excluding carboxylic acids is 2. The molecule has 2 aromatic heterocycles. The van der Waals surface area contributed by atoms with E-state index in [2.05, 4.69) is 5.32 Å². The molecule has 3 heterocycles. The molecule has 1 atom stereocenters. The molecule has 0 saturated carbocycles. The van der Waals surface area contributed by atoms with Gasteiger partial charge in [-0.2, -0.15) is 0 Å². The second-order valence-corrected chi connectivity index (χ2v) is 9.66. The van der Waals surface area contributed by atoms with Crippen molar-refractivity contribution in [2.75, 3.05) is 14.2 Å². The van der Waals surface area contributed by atoms with Gasteiger partial charge in [0.25, 0.3) is 5.91 Å². The number of methoxy groups -OCH3 is 2. The van der Waals surface area contributed by atoms with Gasteiger partial charge in [-0.15, -0.1) is 11.3 Å². The SMILES string of the molecule is COc1ccccc1CNC(=O)[C@@]1(C)Cn2c(cc3ccsc32)C(=O)N1Cc1ccccc1OC. The molecule has 0 fully saturated rings. The third-order valence-electron chi connectivity index (χ3n) is 6.67. The van der Waals surface area contributed by atoms with Crippen molar-refractivity contribution >= 4 is 33.4 Å². The summed E-state index contributed by atoms with van der Waals surface area (Å²) in [5, 5.41) is 6.07. The minimum Gasteiger partial charge on any atom is -0.496 e. The summed E-state index contributed by atoms with van der Waals surface area (Å²) in [4.78, 5) is 30.3. The fourth-order valence-corrected chi connectivity index (χ4v) is 5.62. The summed E-state index contributed by atoms with van der Waals surface area (Å²) < 4.78 is 12.9. The number of hydrogen-bond donors (Lipinski definition) is 1. The van der Waals surface area contributed by atoms with E-state index in [1.807, 2.05) is 77.5 Å². The van der Waals surface area contributed by atoms with Crippen LogP contribution in [-0.4, -0.2) is 41.0 Å². The first-order valence-corrected chi connectivity index (χ1v) is 12.2. The number of para-hydroxylation sites is 2. The van der Waals surface area contributed by atoms with E-state index >= 15 is 0 Å². The summed E-state index contributed by atoms with van der Waals surface area (Å²) in [6.45, 7) is 2.73. The Morgan fingerprint density at radius 1 is 1.03 bits per heavy atom. The van der Waals surface area contributed by atoms with Crippen LogP contribution in [0.4, 0.5) is 0 Å². The number of benzene rings is 2. The zero-order valence-electron chi connectivity index (χ0n) is 19.9. The van der Waals surface area contributed by atoms with Gasteiger partial charge in [-0.25, -0.2) is 0 Å². The number of amides is 2. The quantitative estimate of drug-likeness (QED) is 0.416. The minimum atomic E-state index is -1.12. The smallest absolute Gasteiger partial charge is 0.271 e. The second-order valence-electron chi connectivity index (χ2n) is 8.77. The van der Waals surface area contributed by atoms with Crippen molar-refractivity contribution in [1.82, 2.24) is 14.8 Å². The van der Waals surface area contributed by atoms with Crippen LogP contribution in [0.1, 0.15) is 28.5 Å². The van der Waals surface area contributed by atoms with Crippen molar-refractivity contribution in [2.45, 2.75) is 32.1 Å². The van der Waals surface area contributed by atoms with Crippen molar-refractivity contribution in [2.24, 2.45) is 0 Å². The molecule has 35 heavy (non-hydrogen) atoms. The highest BCUT2D eigenvalue weighted by Gasteiger charge is 2.48. The number of fused-ring (bicyclic) bond motifs is 3. The van der Waals surface area contributed by atoms with E-state index in [-0.39, 0.29) is 18.4 Å². The molecule has 0 aliphatic carbocycles. The summed E-state index contributed by atoms with van der Waals surface area (Å²) in [5.41, 5.74) is 1.18. The predicted octanol–water partition coefficient (Wildman–Crippen LogP) is 4.45. The van der Waals surface area contributed by atoms with Gasteiger partial charge >= 0.3 is 0 Å². The number of carbonyl (C=O) groups is 2. The van der Waals surface area contributed by atoms with E-state index < -0.39 is 5.54 Å². The second kappa shape index (κ2) is 9.11.